The summed E-state index contributed by atoms with van der Waals surface area (Å²) in [6, 6.07) is 0. The number of halogens is 7. The first-order chi connectivity index (χ1) is 9.62. The van der Waals surface area contributed by atoms with Crippen LogP contribution in [0, 0.1) is 0 Å². The van der Waals surface area contributed by atoms with E-state index in [0.29, 0.717) is 0 Å². The second-order valence-corrected chi connectivity index (χ2v) is 6.91. The molecule has 114 valence electrons. The minimum absolute atomic E-state index is 0.0605. The number of benzene rings is 1. The third-order valence-corrected chi connectivity index (χ3v) is 6.09. The molecule has 0 heterocycles. The summed E-state index contributed by atoms with van der Waals surface area (Å²) in [5, 5.41) is 20.3. The molecule has 1 aromatic carbocycles. The van der Waals surface area contributed by atoms with Gasteiger partial charge in [-0.2, -0.15) is 0 Å². The Morgan fingerprint density at radius 2 is 1.24 bits per heavy atom. The van der Waals surface area contributed by atoms with Gasteiger partial charge in [-0.15, -0.1) is 0 Å². The molecule has 0 amide bonds. The zero-order chi connectivity index (χ0) is 16.1. The molecule has 0 saturated heterocycles. The Bertz CT molecular complexity index is 654. The van der Waals surface area contributed by atoms with Crippen LogP contribution in [0.2, 0.25) is 25.1 Å². The zero-order valence-corrected chi connectivity index (χ0v) is 15.1. The Hall–Kier alpha value is 0.650. The van der Waals surface area contributed by atoms with Crippen LogP contribution in [-0.4, -0.2) is 16.3 Å². The standard InChI is InChI=1S/C12H5Cl7O2/c13-3-1-2-12(21,11(20)5(3)14)4-6(15)8(17)10(19)9(18)7(4)16/h1-2,11,20-21H. The highest BCUT2D eigenvalue weighted by Gasteiger charge is 2.44. The van der Waals surface area contributed by atoms with Crippen LogP contribution in [0.3, 0.4) is 0 Å². The molecule has 2 unspecified atom stereocenters. The fourth-order valence-corrected chi connectivity index (χ4v) is 3.71. The summed E-state index contributed by atoms with van der Waals surface area (Å²) in [6.07, 6.45) is 0.902. The summed E-state index contributed by atoms with van der Waals surface area (Å²) < 4.78 is 0. The van der Waals surface area contributed by atoms with E-state index in [1.54, 1.807) is 0 Å². The Morgan fingerprint density at radius 1 is 0.810 bits per heavy atom. The first-order valence-electron chi connectivity index (χ1n) is 5.29. The fourth-order valence-electron chi connectivity index (χ4n) is 1.87. The van der Waals surface area contributed by atoms with Crippen molar-refractivity contribution >= 4 is 81.2 Å². The Kier molecular flexibility index (Phi) is 5.38. The van der Waals surface area contributed by atoms with Crippen molar-refractivity contribution in [2.24, 2.45) is 0 Å². The van der Waals surface area contributed by atoms with Crippen LogP contribution in [0.15, 0.2) is 22.2 Å². The summed E-state index contributed by atoms with van der Waals surface area (Å²) in [6.45, 7) is 0. The maximum atomic E-state index is 10.8. The van der Waals surface area contributed by atoms with Gasteiger partial charge in [-0.3, -0.25) is 0 Å². The molecule has 1 aliphatic rings. The van der Waals surface area contributed by atoms with Crippen molar-refractivity contribution in [1.82, 2.24) is 0 Å². The summed E-state index contributed by atoms with van der Waals surface area (Å²) in [7, 11) is 0. The van der Waals surface area contributed by atoms with Crippen LogP contribution in [0.1, 0.15) is 5.56 Å². The summed E-state index contributed by atoms with van der Waals surface area (Å²) in [4.78, 5) is 0. The van der Waals surface area contributed by atoms with Gasteiger partial charge in [0.15, 0.2) is 0 Å². The lowest BCUT2D eigenvalue weighted by atomic mass is 9.84. The normalized spacial score (nSPS) is 25.7. The summed E-state index contributed by atoms with van der Waals surface area (Å²) in [5.41, 5.74) is -2.17. The minimum Gasteiger partial charge on any atom is -0.384 e. The van der Waals surface area contributed by atoms with Crippen molar-refractivity contribution in [3.8, 4) is 0 Å². The zero-order valence-electron chi connectivity index (χ0n) is 9.77. The molecule has 0 radical (unpaired) electrons. The van der Waals surface area contributed by atoms with Crippen LogP contribution >= 0.6 is 81.2 Å². The maximum absolute atomic E-state index is 10.8. The molecule has 0 saturated carbocycles. The number of hydrogen-bond acceptors (Lipinski definition) is 2. The monoisotopic (exact) mass is 426 g/mol. The molecule has 0 aliphatic heterocycles. The SMILES string of the molecule is OC1C(Cl)=C(Cl)C=CC1(O)c1c(Cl)c(Cl)c(Cl)c(Cl)c1Cl. The molecule has 0 aromatic heterocycles. The smallest absolute Gasteiger partial charge is 0.142 e. The van der Waals surface area contributed by atoms with Crippen LogP contribution in [0.25, 0.3) is 0 Å². The predicted molar refractivity (Wildman–Crippen MR) is 89.3 cm³/mol. The Labute approximate surface area is 155 Å². The van der Waals surface area contributed by atoms with Gasteiger partial charge < -0.3 is 10.2 Å². The van der Waals surface area contributed by atoms with Gasteiger partial charge in [0, 0.05) is 5.56 Å². The average Bonchev–Trinajstić information content (AvgIpc) is 2.45. The minimum atomic E-state index is -2.05. The van der Waals surface area contributed by atoms with E-state index in [-0.39, 0.29) is 40.7 Å². The third kappa shape index (κ3) is 2.80. The van der Waals surface area contributed by atoms with Crippen LogP contribution in [0.5, 0.6) is 0 Å². The molecule has 1 aromatic rings. The number of aliphatic hydroxyl groups is 2. The van der Waals surface area contributed by atoms with Gasteiger partial charge in [0.1, 0.15) is 11.7 Å². The van der Waals surface area contributed by atoms with Crippen molar-refractivity contribution in [3.05, 3.63) is 52.9 Å². The fraction of sp³-hybridized carbons (Fsp3) is 0.167. The molecule has 2 atom stereocenters. The average molecular weight is 429 g/mol. The van der Waals surface area contributed by atoms with E-state index in [1.807, 2.05) is 0 Å². The first-order valence-corrected chi connectivity index (χ1v) is 7.94. The van der Waals surface area contributed by atoms with Gasteiger partial charge in [0.25, 0.3) is 0 Å². The molecule has 2 nitrogen and oxygen atoms in total. The van der Waals surface area contributed by atoms with Crippen LogP contribution in [-0.2, 0) is 5.60 Å². The number of aliphatic hydroxyl groups excluding tert-OH is 1. The second kappa shape index (κ2) is 6.27. The number of allylic oxidation sites excluding steroid dienone is 2. The van der Waals surface area contributed by atoms with Gasteiger partial charge in [0.05, 0.1) is 35.2 Å². The van der Waals surface area contributed by atoms with Crippen LogP contribution in [0.4, 0.5) is 0 Å². The summed E-state index contributed by atoms with van der Waals surface area (Å²) in [5.74, 6) is 0. The summed E-state index contributed by atoms with van der Waals surface area (Å²) >= 11 is 41.7. The van der Waals surface area contributed by atoms with Crippen molar-refractivity contribution in [1.29, 1.82) is 0 Å². The van der Waals surface area contributed by atoms with Crippen molar-refractivity contribution in [3.63, 3.8) is 0 Å². The molecule has 9 heteroatoms. The Morgan fingerprint density at radius 3 is 1.71 bits per heavy atom. The van der Waals surface area contributed by atoms with E-state index >= 15 is 0 Å². The number of rotatable bonds is 1. The molecular weight excluding hydrogens is 424 g/mol. The molecule has 0 fully saturated rings. The van der Waals surface area contributed by atoms with Gasteiger partial charge in [-0.05, 0) is 12.2 Å². The van der Waals surface area contributed by atoms with E-state index in [9.17, 15) is 10.2 Å². The molecule has 2 N–H and O–H groups in total. The Balaban J connectivity index is 2.77. The molecule has 2 rings (SSSR count). The lowest BCUT2D eigenvalue weighted by Gasteiger charge is -2.35. The maximum Gasteiger partial charge on any atom is 0.142 e. The van der Waals surface area contributed by atoms with Crippen molar-refractivity contribution < 1.29 is 10.2 Å². The highest BCUT2D eigenvalue weighted by atomic mass is 35.5. The third-order valence-electron chi connectivity index (χ3n) is 2.98. The largest absolute Gasteiger partial charge is 0.384 e. The van der Waals surface area contributed by atoms with Crippen LogP contribution < -0.4 is 0 Å². The van der Waals surface area contributed by atoms with Crippen molar-refractivity contribution in [2.75, 3.05) is 0 Å². The van der Waals surface area contributed by atoms with Crippen molar-refractivity contribution in [2.45, 2.75) is 11.7 Å². The molecule has 0 bridgehead atoms. The van der Waals surface area contributed by atoms with Gasteiger partial charge in [0.2, 0.25) is 0 Å². The topological polar surface area (TPSA) is 40.5 Å². The highest BCUT2D eigenvalue weighted by Crippen LogP contribution is 2.50. The van der Waals surface area contributed by atoms with E-state index < -0.39 is 11.7 Å². The van der Waals surface area contributed by atoms with Gasteiger partial charge >= 0.3 is 0 Å². The lowest BCUT2D eigenvalue weighted by molar-refractivity contribution is -0.0219. The van der Waals surface area contributed by atoms with Gasteiger partial charge in [-0.25, -0.2) is 0 Å². The first kappa shape index (κ1) is 18.0. The van der Waals surface area contributed by atoms with E-state index in [0.717, 1.165) is 0 Å². The van der Waals surface area contributed by atoms with Gasteiger partial charge in [-0.1, -0.05) is 81.2 Å². The predicted octanol–water partition coefficient (Wildman–Crippen LogP) is 5.76. The van der Waals surface area contributed by atoms with E-state index in [1.165, 1.54) is 12.2 Å². The molecule has 1 aliphatic carbocycles. The molecule has 0 spiro atoms. The number of hydrogen-bond donors (Lipinski definition) is 2. The lowest BCUT2D eigenvalue weighted by Crippen LogP contribution is -2.40. The quantitative estimate of drug-likeness (QED) is 0.440. The molecular formula is C12H5Cl7O2. The van der Waals surface area contributed by atoms with E-state index in [4.69, 9.17) is 81.2 Å². The second-order valence-electron chi connectivity index (χ2n) is 4.20. The van der Waals surface area contributed by atoms with E-state index in [2.05, 4.69) is 0 Å². The highest BCUT2D eigenvalue weighted by molar-refractivity contribution is 6.55. The molecule has 21 heavy (non-hydrogen) atoms.